The van der Waals surface area contributed by atoms with Crippen molar-refractivity contribution in [2.45, 2.75) is 23.8 Å². The first-order valence-electron chi connectivity index (χ1n) is 10.6. The Morgan fingerprint density at radius 1 is 0.971 bits per heavy atom. The maximum atomic E-state index is 13.6. The molecule has 0 bridgehead atoms. The largest absolute Gasteiger partial charge is 0.497 e. The Kier molecular flexibility index (Phi) is 6.76. The molecule has 0 radical (unpaired) electrons. The second kappa shape index (κ2) is 9.74. The summed E-state index contributed by atoms with van der Waals surface area (Å²) in [6.45, 7) is -0.000674. The van der Waals surface area contributed by atoms with Crippen LogP contribution >= 0.6 is 0 Å². The molecule has 7 nitrogen and oxygen atoms in total. The first-order chi connectivity index (χ1) is 16.3. The van der Waals surface area contributed by atoms with E-state index in [-0.39, 0.29) is 23.5 Å². The Morgan fingerprint density at radius 3 is 2.24 bits per heavy atom. The quantitative estimate of drug-likeness (QED) is 0.460. The van der Waals surface area contributed by atoms with Crippen LogP contribution in [0.3, 0.4) is 0 Å². The van der Waals surface area contributed by atoms with Crippen LogP contribution in [-0.2, 0) is 26.0 Å². The van der Waals surface area contributed by atoms with Crippen LogP contribution in [0.15, 0.2) is 83.8 Å². The highest BCUT2D eigenvalue weighted by atomic mass is 32.2. The Labute approximate surface area is 197 Å². The molecule has 1 atom stereocenters. The minimum absolute atomic E-state index is 0.000674. The zero-order valence-electron chi connectivity index (χ0n) is 18.4. The van der Waals surface area contributed by atoms with Crippen LogP contribution in [0.1, 0.15) is 12.0 Å². The van der Waals surface area contributed by atoms with Crippen molar-refractivity contribution >= 4 is 27.5 Å². The van der Waals surface area contributed by atoms with Crippen LogP contribution in [0.5, 0.6) is 5.75 Å². The van der Waals surface area contributed by atoms with Gasteiger partial charge in [0.05, 0.1) is 24.1 Å². The van der Waals surface area contributed by atoms with Crippen LogP contribution in [0.4, 0.5) is 10.1 Å². The van der Waals surface area contributed by atoms with Gasteiger partial charge in [0.15, 0.2) is 0 Å². The monoisotopic (exact) mass is 482 g/mol. The van der Waals surface area contributed by atoms with Crippen LogP contribution < -0.4 is 9.64 Å². The topological polar surface area (TPSA) is 84.0 Å². The van der Waals surface area contributed by atoms with Crippen LogP contribution in [-0.4, -0.2) is 44.2 Å². The highest BCUT2D eigenvalue weighted by Gasteiger charge is 2.46. The van der Waals surface area contributed by atoms with Crippen molar-refractivity contribution in [2.75, 3.05) is 18.6 Å². The fourth-order valence-electron chi connectivity index (χ4n) is 3.91. The van der Waals surface area contributed by atoms with Crippen molar-refractivity contribution in [1.82, 2.24) is 4.31 Å². The molecule has 0 N–H and O–H groups in total. The fourth-order valence-corrected chi connectivity index (χ4v) is 5.50. The summed E-state index contributed by atoms with van der Waals surface area (Å²) in [5.41, 5.74) is 1.09. The molecule has 176 valence electrons. The lowest BCUT2D eigenvalue weighted by atomic mass is 10.1. The van der Waals surface area contributed by atoms with Gasteiger partial charge in [0.1, 0.15) is 17.6 Å². The van der Waals surface area contributed by atoms with Crippen molar-refractivity contribution in [3.8, 4) is 5.75 Å². The van der Waals surface area contributed by atoms with Gasteiger partial charge in [-0.15, -0.1) is 0 Å². The fraction of sp³-hybridized carbons (Fsp3) is 0.200. The third-order valence-corrected chi connectivity index (χ3v) is 7.61. The van der Waals surface area contributed by atoms with Crippen molar-refractivity contribution < 1.29 is 27.1 Å². The number of hydrogen-bond acceptors (Lipinski definition) is 5. The molecule has 1 aliphatic rings. The van der Waals surface area contributed by atoms with Gasteiger partial charge in [-0.2, -0.15) is 4.31 Å². The van der Waals surface area contributed by atoms with E-state index in [2.05, 4.69) is 0 Å². The lowest BCUT2D eigenvalue weighted by Crippen LogP contribution is -2.46. The zero-order valence-corrected chi connectivity index (χ0v) is 19.2. The van der Waals surface area contributed by atoms with Gasteiger partial charge in [0, 0.05) is 6.54 Å². The second-order valence-electron chi connectivity index (χ2n) is 7.79. The molecule has 4 rings (SSSR count). The number of nitrogens with zero attached hydrogens (tertiary/aromatic N) is 2. The van der Waals surface area contributed by atoms with Crippen molar-refractivity contribution in [3.05, 3.63) is 90.2 Å². The van der Waals surface area contributed by atoms with Gasteiger partial charge in [-0.1, -0.05) is 30.3 Å². The van der Waals surface area contributed by atoms with Gasteiger partial charge in [-0.05, 0) is 60.5 Å². The van der Waals surface area contributed by atoms with Gasteiger partial charge in [0.25, 0.3) is 5.91 Å². The molecule has 0 aromatic heterocycles. The number of imide groups is 1. The molecule has 0 spiro atoms. The maximum Gasteiger partial charge on any atom is 0.252 e. The van der Waals surface area contributed by atoms with E-state index in [9.17, 15) is 22.4 Å². The molecule has 1 heterocycles. The van der Waals surface area contributed by atoms with Crippen molar-refractivity contribution in [2.24, 2.45) is 0 Å². The highest BCUT2D eigenvalue weighted by Crippen LogP contribution is 2.30. The first-order valence-corrected chi connectivity index (χ1v) is 12.1. The molecular weight excluding hydrogens is 459 g/mol. The van der Waals surface area contributed by atoms with Gasteiger partial charge >= 0.3 is 0 Å². The Balaban J connectivity index is 1.69. The molecule has 0 aliphatic carbocycles. The summed E-state index contributed by atoms with van der Waals surface area (Å²) in [6.07, 6.45) is 0.0468. The molecule has 1 saturated heterocycles. The summed E-state index contributed by atoms with van der Waals surface area (Å²) in [6, 6.07) is 18.8. The minimum atomic E-state index is -4.13. The van der Waals surface area contributed by atoms with Crippen molar-refractivity contribution in [1.29, 1.82) is 0 Å². The lowest BCUT2D eigenvalue weighted by Gasteiger charge is -2.27. The highest BCUT2D eigenvalue weighted by molar-refractivity contribution is 7.89. The van der Waals surface area contributed by atoms with Gasteiger partial charge in [-0.25, -0.2) is 17.7 Å². The second-order valence-corrected chi connectivity index (χ2v) is 9.68. The molecule has 3 aromatic carbocycles. The SMILES string of the molecule is COc1ccc(S(=O)(=O)N(CCc2ccccc2)C2CC(=O)N(c3ccc(F)cc3)C2=O)cc1. The molecule has 0 saturated carbocycles. The number of hydrogen-bond donors (Lipinski definition) is 0. The summed E-state index contributed by atoms with van der Waals surface area (Å²) in [7, 11) is -2.66. The predicted octanol–water partition coefficient (Wildman–Crippen LogP) is 3.40. The Morgan fingerprint density at radius 2 is 1.62 bits per heavy atom. The smallest absolute Gasteiger partial charge is 0.252 e. The summed E-state index contributed by atoms with van der Waals surface area (Å²) >= 11 is 0. The Bertz CT molecular complexity index is 1280. The molecule has 2 amide bonds. The van der Waals surface area contributed by atoms with Crippen LogP contribution in [0.2, 0.25) is 0 Å². The zero-order chi connectivity index (χ0) is 24.3. The van der Waals surface area contributed by atoms with Gasteiger partial charge in [-0.3, -0.25) is 9.59 Å². The molecule has 1 fully saturated rings. The number of benzene rings is 3. The average molecular weight is 483 g/mol. The first kappa shape index (κ1) is 23.6. The van der Waals surface area contributed by atoms with Gasteiger partial charge in [0.2, 0.25) is 15.9 Å². The van der Waals surface area contributed by atoms with E-state index in [4.69, 9.17) is 4.74 Å². The maximum absolute atomic E-state index is 13.6. The predicted molar refractivity (Wildman–Crippen MR) is 124 cm³/mol. The van der Waals surface area contributed by atoms with E-state index in [1.165, 1.54) is 43.5 Å². The third kappa shape index (κ3) is 4.71. The molecule has 3 aromatic rings. The van der Waals surface area contributed by atoms with Crippen molar-refractivity contribution in [3.63, 3.8) is 0 Å². The number of rotatable bonds is 8. The number of amides is 2. The number of halogens is 1. The third-order valence-electron chi connectivity index (χ3n) is 5.68. The Hall–Kier alpha value is -3.56. The number of methoxy groups -OCH3 is 1. The summed E-state index contributed by atoms with van der Waals surface area (Å²) in [4.78, 5) is 27.0. The molecule has 1 aliphatic heterocycles. The van der Waals surface area contributed by atoms with E-state index in [0.29, 0.717) is 12.2 Å². The number of carbonyl (C=O) groups is 2. The average Bonchev–Trinajstić information content (AvgIpc) is 3.13. The normalized spacial score (nSPS) is 16.3. The van der Waals surface area contributed by atoms with Crippen LogP contribution in [0.25, 0.3) is 0 Å². The van der Waals surface area contributed by atoms with E-state index in [0.717, 1.165) is 26.9 Å². The molecule has 9 heteroatoms. The van der Waals surface area contributed by atoms with E-state index >= 15 is 0 Å². The van der Waals surface area contributed by atoms with Crippen LogP contribution in [0, 0.1) is 5.82 Å². The number of ether oxygens (including phenoxy) is 1. The molecule has 1 unspecified atom stereocenters. The number of anilines is 1. The van der Waals surface area contributed by atoms with Gasteiger partial charge < -0.3 is 4.74 Å². The standard InChI is InChI=1S/C25H23FN2O5S/c1-33-21-11-13-22(14-12-21)34(31,32)27(16-15-18-5-3-2-4-6-18)23-17-24(29)28(25(23)30)20-9-7-19(26)8-10-20/h2-14,23H,15-17H2,1H3. The van der Waals surface area contributed by atoms with E-state index in [1.807, 2.05) is 30.3 Å². The minimum Gasteiger partial charge on any atom is -0.497 e. The molecule has 34 heavy (non-hydrogen) atoms. The van der Waals surface area contributed by atoms with E-state index in [1.54, 1.807) is 0 Å². The van der Waals surface area contributed by atoms with E-state index < -0.39 is 33.7 Å². The number of sulfonamides is 1. The summed E-state index contributed by atoms with van der Waals surface area (Å²) in [5, 5.41) is 0. The molecular formula is C25H23FN2O5S. The summed E-state index contributed by atoms with van der Waals surface area (Å²) in [5.74, 6) is -1.23. The summed E-state index contributed by atoms with van der Waals surface area (Å²) < 4.78 is 46.8. The lowest BCUT2D eigenvalue weighted by molar-refractivity contribution is -0.122. The number of carbonyl (C=O) groups excluding carboxylic acids is 2.